The minimum absolute atomic E-state index is 0.164. The van der Waals surface area contributed by atoms with Gasteiger partial charge in [-0.05, 0) is 38.6 Å². The van der Waals surface area contributed by atoms with E-state index in [9.17, 15) is 0 Å². The smallest absolute Gasteiger partial charge is 0.135 e. The summed E-state index contributed by atoms with van der Waals surface area (Å²) in [6.45, 7) is 9.61. The van der Waals surface area contributed by atoms with Gasteiger partial charge in [0.15, 0.2) is 0 Å². The van der Waals surface area contributed by atoms with Crippen LogP contribution in [0.3, 0.4) is 0 Å². The van der Waals surface area contributed by atoms with Crippen molar-refractivity contribution in [3.05, 3.63) is 59.4 Å². The van der Waals surface area contributed by atoms with Crippen LogP contribution in [0, 0.1) is 11.8 Å². The number of quaternary nitrogens is 1. The number of allylic oxidation sites excluding steroid dienone is 1. The van der Waals surface area contributed by atoms with Crippen LogP contribution in [0.15, 0.2) is 53.8 Å². The van der Waals surface area contributed by atoms with E-state index in [-0.39, 0.29) is 11.1 Å². The van der Waals surface area contributed by atoms with Crippen molar-refractivity contribution >= 4 is 0 Å². The third kappa shape index (κ3) is 2.50. The summed E-state index contributed by atoms with van der Waals surface area (Å²) in [4.78, 5) is 2.50. The molecule has 5 rings (SSSR count). The van der Waals surface area contributed by atoms with Crippen LogP contribution in [-0.2, 0) is 10.3 Å². The van der Waals surface area contributed by atoms with E-state index >= 15 is 0 Å². The number of ether oxygens (including phenoxy) is 1. The average molecular weight is 394 g/mol. The number of hydrogen-bond donors (Lipinski definition) is 0. The van der Waals surface area contributed by atoms with Crippen LogP contribution in [0.2, 0.25) is 0 Å². The number of nitrogens with zero attached hydrogens (tertiary/aromatic N) is 2. The molecule has 3 nitrogen and oxygen atoms in total. The molecule has 2 spiro atoms. The molecular formula is C26H37N2O+. The zero-order valence-electron chi connectivity index (χ0n) is 18.7. The molecule has 4 aliphatic rings. The molecule has 1 aromatic carbocycles. The van der Waals surface area contributed by atoms with E-state index in [2.05, 4.69) is 75.5 Å². The van der Waals surface area contributed by atoms with Gasteiger partial charge in [0, 0.05) is 36.7 Å². The molecule has 0 N–H and O–H groups in total. The van der Waals surface area contributed by atoms with Gasteiger partial charge in [0.2, 0.25) is 0 Å². The SMILES string of the molecule is CC1=CCC2C(C)C[N+]3(CCC(c4ccccc4)(N(C)C)CC3)C23CCOC=C13. The lowest BCUT2D eigenvalue weighted by molar-refractivity contribution is -0.968. The quantitative estimate of drug-likeness (QED) is 0.675. The third-order valence-electron chi connectivity index (χ3n) is 9.23. The van der Waals surface area contributed by atoms with Gasteiger partial charge in [0.25, 0.3) is 0 Å². The van der Waals surface area contributed by atoms with Crippen molar-refractivity contribution in [1.29, 1.82) is 0 Å². The Labute approximate surface area is 176 Å². The highest BCUT2D eigenvalue weighted by Gasteiger charge is 2.68. The minimum Gasteiger partial charge on any atom is -0.500 e. The van der Waals surface area contributed by atoms with Gasteiger partial charge < -0.3 is 9.22 Å². The van der Waals surface area contributed by atoms with Crippen LogP contribution in [0.4, 0.5) is 0 Å². The maximum absolute atomic E-state index is 5.91. The van der Waals surface area contributed by atoms with Gasteiger partial charge in [-0.25, -0.2) is 0 Å². The maximum atomic E-state index is 5.91. The Balaban J connectivity index is 1.55. The highest BCUT2D eigenvalue weighted by molar-refractivity contribution is 5.42. The molecule has 3 unspecified atom stereocenters. The molecule has 3 aliphatic heterocycles. The molecule has 3 heteroatoms. The molecule has 3 atom stereocenters. The summed E-state index contributed by atoms with van der Waals surface area (Å²) >= 11 is 0. The number of benzene rings is 1. The van der Waals surface area contributed by atoms with E-state index in [0.29, 0.717) is 0 Å². The van der Waals surface area contributed by atoms with Gasteiger partial charge in [-0.2, -0.15) is 0 Å². The van der Waals surface area contributed by atoms with Gasteiger partial charge in [0.05, 0.1) is 38.0 Å². The molecule has 156 valence electrons. The van der Waals surface area contributed by atoms with Crippen molar-refractivity contribution in [3.63, 3.8) is 0 Å². The zero-order chi connectivity index (χ0) is 20.3. The van der Waals surface area contributed by atoms with Crippen LogP contribution in [0.1, 0.15) is 45.1 Å². The van der Waals surface area contributed by atoms with Crippen LogP contribution < -0.4 is 0 Å². The van der Waals surface area contributed by atoms with Gasteiger partial charge >= 0.3 is 0 Å². The lowest BCUT2D eigenvalue weighted by atomic mass is 9.64. The standard InChI is InChI=1S/C26H37N2O/c1-20-10-11-23-21(2)18-28(26(23)14-17-29-19-24(20)26)15-12-25(13-16-28,27(3)4)22-8-6-5-7-9-22/h5-10,19,21,23H,11-18H2,1-4H3/q+1. The molecule has 0 aromatic heterocycles. The summed E-state index contributed by atoms with van der Waals surface area (Å²) in [7, 11) is 4.56. The molecule has 2 fully saturated rings. The van der Waals surface area contributed by atoms with Crippen molar-refractivity contribution in [2.45, 2.75) is 50.6 Å². The van der Waals surface area contributed by atoms with Gasteiger partial charge in [-0.15, -0.1) is 0 Å². The molecule has 29 heavy (non-hydrogen) atoms. The largest absolute Gasteiger partial charge is 0.500 e. The first kappa shape index (κ1) is 19.4. The van der Waals surface area contributed by atoms with E-state index in [1.807, 2.05) is 0 Å². The second-order valence-electron chi connectivity index (χ2n) is 10.4. The summed E-state index contributed by atoms with van der Waals surface area (Å²) in [6.07, 6.45) is 9.55. The lowest BCUT2D eigenvalue weighted by Crippen LogP contribution is -2.70. The van der Waals surface area contributed by atoms with E-state index in [1.54, 1.807) is 0 Å². The van der Waals surface area contributed by atoms with Crippen LogP contribution >= 0.6 is 0 Å². The van der Waals surface area contributed by atoms with Crippen LogP contribution in [0.5, 0.6) is 0 Å². The lowest BCUT2D eigenvalue weighted by Gasteiger charge is -2.59. The summed E-state index contributed by atoms with van der Waals surface area (Å²) < 4.78 is 7.20. The molecule has 1 aromatic rings. The molecule has 0 radical (unpaired) electrons. The Morgan fingerprint density at radius 2 is 1.79 bits per heavy atom. The first-order valence-corrected chi connectivity index (χ1v) is 11.5. The molecule has 3 heterocycles. The molecular weight excluding hydrogens is 356 g/mol. The Kier molecular flexibility index (Phi) is 4.49. The first-order chi connectivity index (χ1) is 14.0. The van der Waals surface area contributed by atoms with Crippen LogP contribution in [0.25, 0.3) is 0 Å². The summed E-state index contributed by atoms with van der Waals surface area (Å²) in [6, 6.07) is 11.3. The van der Waals surface area contributed by atoms with E-state index in [1.165, 1.54) is 66.5 Å². The summed E-state index contributed by atoms with van der Waals surface area (Å²) in [5, 5.41) is 0. The maximum Gasteiger partial charge on any atom is 0.135 e. The fraction of sp³-hybridized carbons (Fsp3) is 0.615. The van der Waals surface area contributed by atoms with E-state index in [0.717, 1.165) is 18.4 Å². The molecule has 0 saturated carbocycles. The van der Waals surface area contributed by atoms with Crippen molar-refractivity contribution in [3.8, 4) is 0 Å². The monoisotopic (exact) mass is 393 g/mol. The van der Waals surface area contributed by atoms with Gasteiger partial charge in [0.1, 0.15) is 5.54 Å². The van der Waals surface area contributed by atoms with Crippen molar-refractivity contribution in [2.24, 2.45) is 11.8 Å². The second kappa shape index (κ2) is 6.72. The fourth-order valence-corrected chi connectivity index (χ4v) is 7.77. The normalized spacial score (nSPS) is 41.4. The Morgan fingerprint density at radius 1 is 1.07 bits per heavy atom. The Hall–Kier alpha value is -1.58. The number of piperidine rings is 1. The van der Waals surface area contributed by atoms with Gasteiger partial charge in [-0.1, -0.05) is 43.3 Å². The highest BCUT2D eigenvalue weighted by atomic mass is 16.5. The summed E-state index contributed by atoms with van der Waals surface area (Å²) in [5.74, 6) is 1.55. The Bertz CT molecular complexity index is 832. The molecule has 0 amide bonds. The second-order valence-corrected chi connectivity index (χ2v) is 10.4. The minimum atomic E-state index is 0.164. The third-order valence-corrected chi connectivity index (χ3v) is 9.23. The van der Waals surface area contributed by atoms with E-state index in [4.69, 9.17) is 4.74 Å². The van der Waals surface area contributed by atoms with Crippen LogP contribution in [-0.4, -0.2) is 55.3 Å². The fourth-order valence-electron chi connectivity index (χ4n) is 7.77. The predicted molar refractivity (Wildman–Crippen MR) is 118 cm³/mol. The predicted octanol–water partition coefficient (Wildman–Crippen LogP) is 4.71. The summed E-state index contributed by atoms with van der Waals surface area (Å²) in [5.41, 5.74) is 4.94. The van der Waals surface area contributed by atoms with Crippen molar-refractivity contribution in [2.75, 3.05) is 40.3 Å². The average Bonchev–Trinajstić information content (AvgIpc) is 2.96. The topological polar surface area (TPSA) is 12.5 Å². The Morgan fingerprint density at radius 3 is 2.48 bits per heavy atom. The van der Waals surface area contributed by atoms with Gasteiger partial charge in [-0.3, -0.25) is 4.90 Å². The van der Waals surface area contributed by atoms with E-state index < -0.39 is 0 Å². The highest BCUT2D eigenvalue weighted by Crippen LogP contribution is 2.59. The zero-order valence-corrected chi connectivity index (χ0v) is 18.7. The van der Waals surface area contributed by atoms with Crippen molar-refractivity contribution < 1.29 is 9.22 Å². The molecule has 1 aliphatic carbocycles. The van der Waals surface area contributed by atoms with Crippen molar-refractivity contribution in [1.82, 2.24) is 4.90 Å². The number of rotatable bonds is 2. The molecule has 0 bridgehead atoms. The molecule has 2 saturated heterocycles. The first-order valence-electron chi connectivity index (χ1n) is 11.5. The number of hydrogen-bond acceptors (Lipinski definition) is 2.